The van der Waals surface area contributed by atoms with E-state index in [2.05, 4.69) is 5.32 Å². The van der Waals surface area contributed by atoms with Gasteiger partial charge in [0.1, 0.15) is 0 Å². The van der Waals surface area contributed by atoms with Crippen LogP contribution in [0.4, 0.5) is 0 Å². The summed E-state index contributed by atoms with van der Waals surface area (Å²) in [5, 5.41) is 13.1. The molecule has 3 atom stereocenters. The van der Waals surface area contributed by atoms with Gasteiger partial charge in [0.25, 0.3) is 0 Å². The summed E-state index contributed by atoms with van der Waals surface area (Å²) in [6, 6.07) is -0.201. The van der Waals surface area contributed by atoms with Crippen LogP contribution in [0.25, 0.3) is 0 Å². The number of carbonyl (C=O) groups is 2. The zero-order valence-electron chi connectivity index (χ0n) is 12.5. The Hall–Kier alpha value is -1.10. The van der Waals surface area contributed by atoms with Crippen LogP contribution in [0, 0.1) is 11.8 Å². The third-order valence-electron chi connectivity index (χ3n) is 4.44. The summed E-state index contributed by atoms with van der Waals surface area (Å²) in [4.78, 5) is 25.9. The van der Waals surface area contributed by atoms with Gasteiger partial charge in [-0.25, -0.2) is 0 Å². The fourth-order valence-corrected chi connectivity index (χ4v) is 3.08. The quantitative estimate of drug-likeness (QED) is 0.808. The van der Waals surface area contributed by atoms with Crippen LogP contribution in [0.5, 0.6) is 0 Å². The predicted octanol–water partition coefficient (Wildman–Crippen LogP) is 0.911. The van der Waals surface area contributed by atoms with Crippen molar-refractivity contribution in [1.29, 1.82) is 0 Å². The minimum atomic E-state index is -0.608. The molecule has 1 saturated heterocycles. The second-order valence-corrected chi connectivity index (χ2v) is 6.38. The number of likely N-dealkylation sites (tertiary alicyclic amines) is 1. The van der Waals surface area contributed by atoms with E-state index in [-0.39, 0.29) is 29.7 Å². The summed E-state index contributed by atoms with van der Waals surface area (Å²) >= 11 is 0. The van der Waals surface area contributed by atoms with Gasteiger partial charge in [-0.2, -0.15) is 0 Å². The molecule has 5 nitrogen and oxygen atoms in total. The van der Waals surface area contributed by atoms with Crippen molar-refractivity contribution >= 4 is 11.8 Å². The molecule has 0 aromatic rings. The fourth-order valence-electron chi connectivity index (χ4n) is 3.08. The number of nitrogens with zero attached hydrogens (tertiary/aromatic N) is 1. The van der Waals surface area contributed by atoms with Gasteiger partial charge in [-0.05, 0) is 32.1 Å². The summed E-state index contributed by atoms with van der Waals surface area (Å²) in [6.45, 7) is 5.40. The van der Waals surface area contributed by atoms with Crippen molar-refractivity contribution in [2.45, 2.75) is 58.1 Å². The number of nitrogens with one attached hydrogen (secondary N) is 1. The minimum Gasteiger partial charge on any atom is -0.391 e. The van der Waals surface area contributed by atoms with Gasteiger partial charge in [0, 0.05) is 24.9 Å². The van der Waals surface area contributed by atoms with Gasteiger partial charge >= 0.3 is 0 Å². The predicted molar refractivity (Wildman–Crippen MR) is 75.9 cm³/mol. The molecule has 0 bridgehead atoms. The van der Waals surface area contributed by atoms with E-state index in [1.54, 1.807) is 0 Å². The van der Waals surface area contributed by atoms with E-state index in [0.717, 1.165) is 32.4 Å². The Labute approximate surface area is 120 Å². The Morgan fingerprint density at radius 3 is 2.40 bits per heavy atom. The smallest absolute Gasteiger partial charge is 0.225 e. The zero-order valence-corrected chi connectivity index (χ0v) is 12.5. The zero-order chi connectivity index (χ0) is 14.7. The third kappa shape index (κ3) is 3.51. The number of aliphatic hydroxyl groups is 1. The highest BCUT2D eigenvalue weighted by Gasteiger charge is 2.36. The maximum Gasteiger partial charge on any atom is 0.225 e. The Balaban J connectivity index is 1.85. The van der Waals surface area contributed by atoms with Crippen molar-refractivity contribution in [3.8, 4) is 0 Å². The Kier molecular flexibility index (Phi) is 5.02. The van der Waals surface area contributed by atoms with E-state index in [1.807, 2.05) is 18.7 Å². The first kappa shape index (κ1) is 15.3. The van der Waals surface area contributed by atoms with Crippen LogP contribution >= 0.6 is 0 Å². The molecule has 114 valence electrons. The molecular formula is C15H26N2O3. The highest BCUT2D eigenvalue weighted by Crippen LogP contribution is 2.28. The van der Waals surface area contributed by atoms with E-state index in [9.17, 15) is 14.7 Å². The topological polar surface area (TPSA) is 69.6 Å². The molecule has 2 N–H and O–H groups in total. The normalized spacial score (nSPS) is 30.6. The SMILES string of the molecule is CC(C)C(=O)N[C@H]1CC[C@H](C(=O)N2CCCC2)C[C@@H]1O. The van der Waals surface area contributed by atoms with Crippen molar-refractivity contribution in [1.82, 2.24) is 10.2 Å². The molecule has 0 aromatic carbocycles. The van der Waals surface area contributed by atoms with Gasteiger partial charge in [-0.1, -0.05) is 13.8 Å². The molecule has 2 rings (SSSR count). The first-order chi connectivity index (χ1) is 9.49. The van der Waals surface area contributed by atoms with Gasteiger partial charge in [-0.15, -0.1) is 0 Å². The van der Waals surface area contributed by atoms with Crippen molar-refractivity contribution in [3.05, 3.63) is 0 Å². The Morgan fingerprint density at radius 2 is 1.85 bits per heavy atom. The molecule has 0 spiro atoms. The molecule has 0 unspecified atom stereocenters. The average Bonchev–Trinajstić information content (AvgIpc) is 2.94. The number of carbonyl (C=O) groups excluding carboxylic acids is 2. The first-order valence-electron chi connectivity index (χ1n) is 7.76. The van der Waals surface area contributed by atoms with Crippen molar-refractivity contribution in [2.75, 3.05) is 13.1 Å². The van der Waals surface area contributed by atoms with Gasteiger partial charge in [0.15, 0.2) is 0 Å². The van der Waals surface area contributed by atoms with Crippen molar-refractivity contribution in [2.24, 2.45) is 11.8 Å². The number of hydrogen-bond donors (Lipinski definition) is 2. The fraction of sp³-hybridized carbons (Fsp3) is 0.867. The minimum absolute atomic E-state index is 0.0293. The Morgan fingerprint density at radius 1 is 1.20 bits per heavy atom. The van der Waals surface area contributed by atoms with E-state index >= 15 is 0 Å². The molecule has 1 aliphatic heterocycles. The van der Waals surface area contributed by atoms with Gasteiger partial charge in [0.2, 0.25) is 11.8 Å². The molecule has 1 heterocycles. The highest BCUT2D eigenvalue weighted by molar-refractivity contribution is 5.80. The van der Waals surface area contributed by atoms with E-state index in [4.69, 9.17) is 0 Å². The molecule has 5 heteroatoms. The maximum atomic E-state index is 12.3. The van der Waals surface area contributed by atoms with Crippen LogP contribution in [0.3, 0.4) is 0 Å². The van der Waals surface area contributed by atoms with Crippen LogP contribution in [-0.2, 0) is 9.59 Å². The summed E-state index contributed by atoms with van der Waals surface area (Å²) in [7, 11) is 0. The van der Waals surface area contributed by atoms with Crippen LogP contribution in [-0.4, -0.2) is 47.1 Å². The number of aliphatic hydroxyl groups excluding tert-OH is 1. The van der Waals surface area contributed by atoms with Crippen molar-refractivity contribution in [3.63, 3.8) is 0 Å². The molecule has 1 aliphatic carbocycles. The van der Waals surface area contributed by atoms with Gasteiger partial charge < -0.3 is 15.3 Å². The second-order valence-electron chi connectivity index (χ2n) is 6.38. The Bertz CT molecular complexity index is 364. The number of amides is 2. The standard InChI is InChI=1S/C15H26N2O3/c1-10(2)14(19)16-12-6-5-11(9-13(12)18)15(20)17-7-3-4-8-17/h10-13,18H,3-9H2,1-2H3,(H,16,19)/t11-,12-,13-/m0/s1. The largest absolute Gasteiger partial charge is 0.391 e. The van der Waals surface area contributed by atoms with Gasteiger partial charge in [-0.3, -0.25) is 9.59 Å². The molecule has 2 aliphatic rings. The van der Waals surface area contributed by atoms with Crippen LogP contribution in [0.2, 0.25) is 0 Å². The number of rotatable bonds is 3. The molecule has 2 fully saturated rings. The lowest BCUT2D eigenvalue weighted by Gasteiger charge is -2.34. The molecule has 0 aromatic heterocycles. The van der Waals surface area contributed by atoms with Gasteiger partial charge in [0.05, 0.1) is 12.1 Å². The van der Waals surface area contributed by atoms with E-state index in [0.29, 0.717) is 12.8 Å². The summed E-state index contributed by atoms with van der Waals surface area (Å²) in [5.41, 5.74) is 0. The second kappa shape index (κ2) is 6.57. The molecule has 2 amide bonds. The summed E-state index contributed by atoms with van der Waals surface area (Å²) < 4.78 is 0. The lowest BCUT2D eigenvalue weighted by atomic mass is 9.83. The summed E-state index contributed by atoms with van der Waals surface area (Å²) in [5.74, 6) is 0.00927. The van der Waals surface area contributed by atoms with Crippen molar-refractivity contribution < 1.29 is 14.7 Å². The maximum absolute atomic E-state index is 12.3. The van der Waals surface area contributed by atoms with E-state index in [1.165, 1.54) is 0 Å². The summed E-state index contributed by atoms with van der Waals surface area (Å²) in [6.07, 6.45) is 3.49. The average molecular weight is 282 g/mol. The van der Waals surface area contributed by atoms with Crippen LogP contribution in [0.15, 0.2) is 0 Å². The molecular weight excluding hydrogens is 256 g/mol. The van der Waals surface area contributed by atoms with Crippen LogP contribution < -0.4 is 5.32 Å². The van der Waals surface area contributed by atoms with E-state index < -0.39 is 6.10 Å². The van der Waals surface area contributed by atoms with Crippen LogP contribution in [0.1, 0.15) is 46.0 Å². The molecule has 0 radical (unpaired) electrons. The first-order valence-corrected chi connectivity index (χ1v) is 7.76. The lowest BCUT2D eigenvalue weighted by molar-refractivity contribution is -0.137. The molecule has 20 heavy (non-hydrogen) atoms. The lowest BCUT2D eigenvalue weighted by Crippen LogP contribution is -2.50. The highest BCUT2D eigenvalue weighted by atomic mass is 16.3. The molecule has 1 saturated carbocycles. The number of hydrogen-bond acceptors (Lipinski definition) is 3. The third-order valence-corrected chi connectivity index (χ3v) is 4.44. The monoisotopic (exact) mass is 282 g/mol.